The predicted molar refractivity (Wildman–Crippen MR) is 59.9 cm³/mol. The fourth-order valence-electron chi connectivity index (χ4n) is 0.819. The van der Waals surface area contributed by atoms with Gasteiger partial charge in [0.1, 0.15) is 0 Å². The van der Waals surface area contributed by atoms with Gasteiger partial charge in [-0.25, -0.2) is 0 Å². The fraction of sp³-hybridized carbons (Fsp3) is 1.00. The minimum absolute atomic E-state index is 0.313. The topological polar surface area (TPSA) is 21.3 Å². The standard InChI is InChI=1S/C8H19NOS2/c1-8(2,12-11-4)7-9-5-6-10-3/h9H,5-7H2,1-4H3. The Hall–Kier alpha value is 0.620. The average molecular weight is 209 g/mol. The van der Waals surface area contributed by atoms with Crippen LogP contribution in [0.2, 0.25) is 0 Å². The van der Waals surface area contributed by atoms with Crippen molar-refractivity contribution in [2.24, 2.45) is 0 Å². The Morgan fingerprint density at radius 2 is 2.08 bits per heavy atom. The van der Waals surface area contributed by atoms with Gasteiger partial charge in [-0.2, -0.15) is 0 Å². The molecule has 0 aromatic rings. The van der Waals surface area contributed by atoms with Crippen LogP contribution in [0.4, 0.5) is 0 Å². The van der Waals surface area contributed by atoms with Crippen LogP contribution >= 0.6 is 21.6 Å². The molecule has 1 N–H and O–H groups in total. The van der Waals surface area contributed by atoms with Gasteiger partial charge in [-0.15, -0.1) is 0 Å². The van der Waals surface area contributed by atoms with Gasteiger partial charge < -0.3 is 10.1 Å². The van der Waals surface area contributed by atoms with Crippen LogP contribution < -0.4 is 5.32 Å². The van der Waals surface area contributed by atoms with Crippen LogP contribution in [0.1, 0.15) is 13.8 Å². The van der Waals surface area contributed by atoms with Gasteiger partial charge in [0.2, 0.25) is 0 Å². The van der Waals surface area contributed by atoms with Gasteiger partial charge in [0, 0.05) is 24.9 Å². The zero-order valence-corrected chi connectivity index (χ0v) is 9.98. The van der Waals surface area contributed by atoms with Gasteiger partial charge in [0.05, 0.1) is 6.61 Å². The molecule has 0 aromatic heterocycles. The maximum absolute atomic E-state index is 4.94. The number of methoxy groups -OCH3 is 1. The minimum atomic E-state index is 0.313. The number of hydrogen-bond acceptors (Lipinski definition) is 4. The summed E-state index contributed by atoms with van der Waals surface area (Å²) in [5.74, 6) is 0. The molecule has 0 saturated carbocycles. The van der Waals surface area contributed by atoms with E-state index in [0.29, 0.717) is 4.75 Å². The molecular weight excluding hydrogens is 190 g/mol. The minimum Gasteiger partial charge on any atom is -0.383 e. The first-order valence-electron chi connectivity index (χ1n) is 4.04. The van der Waals surface area contributed by atoms with Gasteiger partial charge >= 0.3 is 0 Å². The summed E-state index contributed by atoms with van der Waals surface area (Å²) in [6, 6.07) is 0. The second-order valence-electron chi connectivity index (χ2n) is 3.18. The van der Waals surface area contributed by atoms with Crippen molar-refractivity contribution in [3.05, 3.63) is 0 Å². The lowest BCUT2D eigenvalue weighted by atomic mass is 10.2. The molecule has 4 heteroatoms. The molecular formula is C8H19NOS2. The van der Waals surface area contributed by atoms with E-state index >= 15 is 0 Å². The molecule has 0 rings (SSSR count). The molecule has 12 heavy (non-hydrogen) atoms. The Bertz CT molecular complexity index is 109. The third-order valence-corrected chi connectivity index (χ3v) is 3.96. The molecule has 0 saturated heterocycles. The van der Waals surface area contributed by atoms with Crippen molar-refractivity contribution >= 4 is 21.6 Å². The number of hydrogen-bond donors (Lipinski definition) is 1. The largest absolute Gasteiger partial charge is 0.383 e. The normalized spacial score (nSPS) is 12.0. The number of nitrogens with one attached hydrogen (secondary N) is 1. The molecule has 74 valence electrons. The highest BCUT2D eigenvalue weighted by Crippen LogP contribution is 2.32. The van der Waals surface area contributed by atoms with Crippen LogP contribution in [0.15, 0.2) is 0 Å². The van der Waals surface area contributed by atoms with Gasteiger partial charge in [-0.05, 0) is 20.1 Å². The Morgan fingerprint density at radius 1 is 1.42 bits per heavy atom. The van der Waals surface area contributed by atoms with E-state index in [1.165, 1.54) is 0 Å². The maximum Gasteiger partial charge on any atom is 0.0587 e. The first-order valence-corrected chi connectivity index (χ1v) is 6.59. The molecule has 0 aliphatic rings. The molecule has 0 spiro atoms. The van der Waals surface area contributed by atoms with Crippen molar-refractivity contribution in [1.29, 1.82) is 0 Å². The summed E-state index contributed by atoms with van der Waals surface area (Å²) in [6.45, 7) is 7.25. The summed E-state index contributed by atoms with van der Waals surface area (Å²) < 4.78 is 5.25. The van der Waals surface area contributed by atoms with Gasteiger partial charge in [0.15, 0.2) is 0 Å². The van der Waals surface area contributed by atoms with Crippen LogP contribution in [-0.2, 0) is 4.74 Å². The molecule has 0 radical (unpaired) electrons. The number of ether oxygens (including phenoxy) is 1. The van der Waals surface area contributed by atoms with E-state index in [9.17, 15) is 0 Å². The van der Waals surface area contributed by atoms with Crippen molar-refractivity contribution in [2.45, 2.75) is 18.6 Å². The van der Waals surface area contributed by atoms with E-state index in [1.54, 1.807) is 7.11 Å². The molecule has 0 heterocycles. The second-order valence-corrected chi connectivity index (χ2v) is 6.28. The molecule has 0 aliphatic heterocycles. The Morgan fingerprint density at radius 3 is 2.58 bits per heavy atom. The van der Waals surface area contributed by atoms with Crippen molar-refractivity contribution in [1.82, 2.24) is 5.32 Å². The summed E-state index contributed by atoms with van der Waals surface area (Å²) in [5.41, 5.74) is 0. The zero-order valence-electron chi connectivity index (χ0n) is 8.35. The van der Waals surface area contributed by atoms with Crippen LogP contribution in [0.25, 0.3) is 0 Å². The molecule has 0 aromatic carbocycles. The quantitative estimate of drug-likeness (QED) is 0.511. The molecule has 0 amide bonds. The SMILES string of the molecule is COCCNCC(C)(C)SSC. The summed E-state index contributed by atoms with van der Waals surface area (Å²) >= 11 is 0. The fourth-order valence-corrected chi connectivity index (χ4v) is 2.96. The van der Waals surface area contributed by atoms with Crippen molar-refractivity contribution < 1.29 is 4.74 Å². The van der Waals surface area contributed by atoms with Crippen molar-refractivity contribution in [3.8, 4) is 0 Å². The third-order valence-electron chi connectivity index (χ3n) is 1.34. The summed E-state index contributed by atoms with van der Waals surface area (Å²) in [7, 11) is 5.45. The Kier molecular flexibility index (Phi) is 7.43. The molecule has 0 aliphatic carbocycles. The lowest BCUT2D eigenvalue weighted by Crippen LogP contribution is -2.33. The van der Waals surface area contributed by atoms with Crippen LogP contribution in [0.3, 0.4) is 0 Å². The first kappa shape index (κ1) is 12.6. The van der Waals surface area contributed by atoms with Gasteiger partial charge in [-0.3, -0.25) is 0 Å². The molecule has 0 unspecified atom stereocenters. The van der Waals surface area contributed by atoms with E-state index in [1.807, 2.05) is 21.6 Å². The first-order chi connectivity index (χ1) is 5.62. The number of rotatable bonds is 7. The molecule has 0 fully saturated rings. The highest BCUT2D eigenvalue weighted by atomic mass is 33.1. The Balaban J connectivity index is 3.33. The highest BCUT2D eigenvalue weighted by molar-refractivity contribution is 8.76. The molecule has 0 atom stereocenters. The van der Waals surface area contributed by atoms with Crippen LogP contribution in [0, 0.1) is 0 Å². The predicted octanol–water partition coefficient (Wildman–Crippen LogP) is 2.01. The summed E-state index contributed by atoms with van der Waals surface area (Å²) in [6.07, 6.45) is 2.11. The van der Waals surface area contributed by atoms with E-state index in [-0.39, 0.29) is 0 Å². The lowest BCUT2D eigenvalue weighted by molar-refractivity contribution is 0.199. The Labute approximate surface area is 83.6 Å². The smallest absolute Gasteiger partial charge is 0.0587 e. The third kappa shape index (κ3) is 7.28. The van der Waals surface area contributed by atoms with E-state index in [2.05, 4.69) is 25.4 Å². The van der Waals surface area contributed by atoms with Crippen LogP contribution in [0.5, 0.6) is 0 Å². The highest BCUT2D eigenvalue weighted by Gasteiger charge is 2.16. The maximum atomic E-state index is 4.94. The van der Waals surface area contributed by atoms with E-state index < -0.39 is 0 Å². The van der Waals surface area contributed by atoms with Gasteiger partial charge in [-0.1, -0.05) is 21.6 Å². The monoisotopic (exact) mass is 209 g/mol. The van der Waals surface area contributed by atoms with E-state index in [0.717, 1.165) is 19.7 Å². The van der Waals surface area contributed by atoms with E-state index in [4.69, 9.17) is 4.74 Å². The average Bonchev–Trinajstić information content (AvgIpc) is 1.98. The summed E-state index contributed by atoms with van der Waals surface area (Å²) in [4.78, 5) is 0. The van der Waals surface area contributed by atoms with Crippen molar-refractivity contribution in [2.75, 3.05) is 33.1 Å². The van der Waals surface area contributed by atoms with Gasteiger partial charge in [0.25, 0.3) is 0 Å². The van der Waals surface area contributed by atoms with Crippen molar-refractivity contribution in [3.63, 3.8) is 0 Å². The lowest BCUT2D eigenvalue weighted by Gasteiger charge is -2.22. The summed E-state index contributed by atoms with van der Waals surface area (Å²) in [5, 5.41) is 3.35. The second kappa shape index (κ2) is 7.06. The zero-order chi connectivity index (χ0) is 9.45. The molecule has 0 bridgehead atoms. The van der Waals surface area contributed by atoms with Crippen LogP contribution in [-0.4, -0.2) is 37.8 Å². The molecule has 2 nitrogen and oxygen atoms in total.